The number of aryl methyl sites for hydroxylation is 1. The summed E-state index contributed by atoms with van der Waals surface area (Å²) in [4.78, 5) is 22.4. The Hall–Kier alpha value is -3.60. The van der Waals surface area contributed by atoms with E-state index >= 15 is 0 Å². The van der Waals surface area contributed by atoms with Gasteiger partial charge >= 0.3 is 20.4 Å². The number of aliphatic hydroxyl groups is 2. The van der Waals surface area contributed by atoms with Crippen molar-refractivity contribution >= 4 is 43.6 Å². The quantitative estimate of drug-likeness (QED) is 0.215. The van der Waals surface area contributed by atoms with Gasteiger partial charge in [0.05, 0.1) is 23.6 Å². The lowest BCUT2D eigenvalue weighted by Gasteiger charge is -2.17. The molecule has 6 N–H and O–H groups in total. The van der Waals surface area contributed by atoms with Crippen molar-refractivity contribution in [1.29, 1.82) is 0 Å². The fraction of sp³-hybridized carbons (Fsp3) is 0.462. The molecule has 2 fully saturated rings. The standard InChI is InChI=1S/C14H20N2O5S.C12H16N2O5S/c1-2-3-4-11(17)7-10-5-6-12(13(18)8-10)16-9-14(19)15-22(16,20)21;1-8(15)2-3-9-4-5-10(11(16)6-9)14-7-12(17)13-20(14,18)19/h5-6,8,11,17-18H,2-4,7,9H2,1H3,(H,15,19);4-6,8,15-16H,2-3,7H2,1H3,(H,13,17). The van der Waals surface area contributed by atoms with Crippen LogP contribution in [0.25, 0.3) is 0 Å². The van der Waals surface area contributed by atoms with E-state index in [4.69, 9.17) is 0 Å². The SMILES string of the molecule is CC(O)CCc1ccc(N2CC(=O)NS2(=O)=O)c(O)c1.CCCCC(O)Cc1ccc(N2CC(=O)NS2(=O)=O)c(O)c1. The zero-order chi connectivity index (χ0) is 31.2. The zero-order valence-electron chi connectivity index (χ0n) is 23.2. The number of amides is 2. The highest BCUT2D eigenvalue weighted by atomic mass is 32.2. The van der Waals surface area contributed by atoms with Crippen LogP contribution >= 0.6 is 0 Å². The Kier molecular flexibility index (Phi) is 10.6. The zero-order valence-corrected chi connectivity index (χ0v) is 24.9. The van der Waals surface area contributed by atoms with Gasteiger partial charge in [0.2, 0.25) is 0 Å². The molecule has 2 aliphatic rings. The Morgan fingerprint density at radius 3 is 1.69 bits per heavy atom. The maximum atomic E-state index is 11.7. The van der Waals surface area contributed by atoms with E-state index in [1.807, 2.05) is 16.4 Å². The summed E-state index contributed by atoms with van der Waals surface area (Å²) in [6, 6.07) is 9.05. The third-order valence-corrected chi connectivity index (χ3v) is 9.25. The molecule has 0 radical (unpaired) electrons. The molecule has 2 heterocycles. The molecular formula is C26H36N4O10S2. The molecule has 2 saturated heterocycles. The minimum atomic E-state index is -3.94. The molecule has 2 atom stereocenters. The van der Waals surface area contributed by atoms with Gasteiger partial charge in [-0.15, -0.1) is 0 Å². The van der Waals surface area contributed by atoms with Gasteiger partial charge in [-0.1, -0.05) is 31.9 Å². The molecule has 232 valence electrons. The third kappa shape index (κ3) is 8.47. The van der Waals surface area contributed by atoms with Gasteiger partial charge in [-0.2, -0.15) is 16.8 Å². The van der Waals surface area contributed by atoms with E-state index < -0.39 is 44.4 Å². The first kappa shape index (κ1) is 32.9. The summed E-state index contributed by atoms with van der Waals surface area (Å²) >= 11 is 0. The van der Waals surface area contributed by atoms with Gasteiger partial charge in [-0.25, -0.2) is 18.1 Å². The summed E-state index contributed by atoms with van der Waals surface area (Å²) in [6.07, 6.45) is 3.15. The smallest absolute Gasteiger partial charge is 0.326 e. The lowest BCUT2D eigenvalue weighted by molar-refractivity contribution is -0.118. The highest BCUT2D eigenvalue weighted by Gasteiger charge is 2.36. The van der Waals surface area contributed by atoms with Gasteiger partial charge in [0.25, 0.3) is 11.8 Å². The number of aliphatic hydroxyl groups excluding tert-OH is 2. The number of benzene rings is 2. The lowest BCUT2D eigenvalue weighted by atomic mass is 10.0. The Bertz CT molecular complexity index is 1510. The monoisotopic (exact) mass is 628 g/mol. The fourth-order valence-corrected chi connectivity index (χ4v) is 6.68. The highest BCUT2D eigenvalue weighted by Crippen LogP contribution is 2.33. The average molecular weight is 629 g/mol. The second-order valence-electron chi connectivity index (χ2n) is 10.1. The van der Waals surface area contributed by atoms with E-state index in [0.29, 0.717) is 31.2 Å². The number of aromatic hydroxyl groups is 2. The predicted molar refractivity (Wildman–Crippen MR) is 154 cm³/mol. The van der Waals surface area contributed by atoms with Gasteiger partial charge in [0.15, 0.2) is 0 Å². The summed E-state index contributed by atoms with van der Waals surface area (Å²) in [6.45, 7) is 3.01. The van der Waals surface area contributed by atoms with Crippen LogP contribution < -0.4 is 18.1 Å². The van der Waals surface area contributed by atoms with Crippen molar-refractivity contribution in [2.45, 2.75) is 64.6 Å². The summed E-state index contributed by atoms with van der Waals surface area (Å²) in [5, 5.41) is 39.1. The minimum Gasteiger partial charge on any atom is -0.506 e. The number of carbonyl (C=O) groups is 2. The largest absolute Gasteiger partial charge is 0.506 e. The van der Waals surface area contributed by atoms with Gasteiger partial charge in [-0.3, -0.25) is 9.59 Å². The van der Waals surface area contributed by atoms with Crippen molar-refractivity contribution in [3.63, 3.8) is 0 Å². The predicted octanol–water partition coefficient (Wildman–Crippen LogP) is 0.553. The van der Waals surface area contributed by atoms with Crippen molar-refractivity contribution in [2.75, 3.05) is 21.7 Å². The fourth-order valence-electron chi connectivity index (χ4n) is 4.35. The van der Waals surface area contributed by atoms with Crippen molar-refractivity contribution in [3.05, 3.63) is 47.5 Å². The Balaban J connectivity index is 0.000000231. The molecule has 14 nitrogen and oxygen atoms in total. The molecule has 2 unspecified atom stereocenters. The van der Waals surface area contributed by atoms with Gasteiger partial charge < -0.3 is 20.4 Å². The normalized spacial score (nSPS) is 18.6. The van der Waals surface area contributed by atoms with E-state index in [-0.39, 0.29) is 36.0 Å². The van der Waals surface area contributed by atoms with E-state index in [0.717, 1.165) is 27.0 Å². The van der Waals surface area contributed by atoms with Crippen LogP contribution in [0, 0.1) is 0 Å². The summed E-state index contributed by atoms with van der Waals surface area (Å²) in [7, 11) is -7.85. The third-order valence-electron chi connectivity index (χ3n) is 6.47. The molecule has 2 aromatic carbocycles. The molecule has 0 saturated carbocycles. The topological polar surface area (TPSA) is 214 Å². The Labute approximate surface area is 245 Å². The number of nitrogens with one attached hydrogen (secondary N) is 2. The van der Waals surface area contributed by atoms with E-state index in [9.17, 15) is 46.9 Å². The molecule has 16 heteroatoms. The number of anilines is 2. The maximum absolute atomic E-state index is 11.7. The second kappa shape index (κ2) is 13.6. The van der Waals surface area contributed by atoms with Gasteiger partial charge in [-0.05, 0) is 68.0 Å². The number of hydrogen-bond donors (Lipinski definition) is 6. The van der Waals surface area contributed by atoms with Crippen molar-refractivity contribution in [1.82, 2.24) is 9.44 Å². The highest BCUT2D eigenvalue weighted by molar-refractivity contribution is 7.92. The first-order valence-electron chi connectivity index (χ1n) is 13.3. The number of hydrogen-bond acceptors (Lipinski definition) is 10. The molecular weight excluding hydrogens is 592 g/mol. The van der Waals surface area contributed by atoms with Crippen LogP contribution in [0.5, 0.6) is 11.5 Å². The summed E-state index contributed by atoms with van der Waals surface area (Å²) in [5.74, 6) is -1.73. The van der Waals surface area contributed by atoms with Crippen LogP contribution in [-0.2, 0) is 42.8 Å². The molecule has 42 heavy (non-hydrogen) atoms. The number of unbranched alkanes of at least 4 members (excludes halogenated alkanes) is 1. The number of rotatable bonds is 10. The van der Waals surface area contributed by atoms with Gasteiger partial charge in [0.1, 0.15) is 24.6 Å². The minimum absolute atomic E-state index is 0.0464. The molecule has 2 aliphatic heterocycles. The van der Waals surface area contributed by atoms with Gasteiger partial charge in [0, 0.05) is 0 Å². The van der Waals surface area contributed by atoms with Crippen LogP contribution in [0.2, 0.25) is 0 Å². The van der Waals surface area contributed by atoms with Crippen molar-refractivity contribution in [3.8, 4) is 11.5 Å². The van der Waals surface area contributed by atoms with Crippen molar-refractivity contribution in [2.24, 2.45) is 0 Å². The van der Waals surface area contributed by atoms with E-state index in [1.165, 1.54) is 24.3 Å². The summed E-state index contributed by atoms with van der Waals surface area (Å²) < 4.78 is 52.2. The van der Waals surface area contributed by atoms with Crippen LogP contribution in [-0.4, -0.2) is 74.4 Å². The second-order valence-corrected chi connectivity index (χ2v) is 13.3. The molecule has 2 aromatic rings. The average Bonchev–Trinajstić information content (AvgIpc) is 3.32. The van der Waals surface area contributed by atoms with E-state index in [2.05, 4.69) is 0 Å². The first-order chi connectivity index (χ1) is 19.6. The van der Waals surface area contributed by atoms with Crippen LogP contribution in [0.4, 0.5) is 11.4 Å². The van der Waals surface area contributed by atoms with Crippen LogP contribution in [0.15, 0.2) is 36.4 Å². The number of nitrogens with zero attached hydrogens (tertiary/aromatic N) is 2. The first-order valence-corrected chi connectivity index (χ1v) is 16.2. The molecule has 0 aliphatic carbocycles. The molecule has 0 aromatic heterocycles. The number of carbonyl (C=O) groups excluding carboxylic acids is 2. The number of phenols is 2. The number of phenolic OH excluding ortho intramolecular Hbond substituents is 2. The van der Waals surface area contributed by atoms with Crippen LogP contribution in [0.3, 0.4) is 0 Å². The van der Waals surface area contributed by atoms with Crippen LogP contribution in [0.1, 0.15) is 50.7 Å². The molecule has 0 spiro atoms. The van der Waals surface area contributed by atoms with Crippen molar-refractivity contribution < 1.29 is 46.9 Å². The Morgan fingerprint density at radius 2 is 1.29 bits per heavy atom. The Morgan fingerprint density at radius 1 is 0.810 bits per heavy atom. The summed E-state index contributed by atoms with van der Waals surface area (Å²) in [5.41, 5.74) is 1.60. The molecule has 0 bridgehead atoms. The molecule has 4 rings (SSSR count). The maximum Gasteiger partial charge on any atom is 0.326 e. The molecule has 2 amide bonds. The lowest BCUT2D eigenvalue weighted by Crippen LogP contribution is -2.29. The van der Waals surface area contributed by atoms with E-state index in [1.54, 1.807) is 19.1 Å².